The van der Waals surface area contributed by atoms with Gasteiger partial charge in [-0.15, -0.1) is 4.52 Å². The van der Waals surface area contributed by atoms with Crippen molar-refractivity contribution in [1.29, 1.82) is 0 Å². The maximum atomic E-state index is 13.8. The van der Waals surface area contributed by atoms with Crippen molar-refractivity contribution < 1.29 is 32.4 Å². The Morgan fingerprint density at radius 2 is 1.65 bits per heavy atom. The number of carbonyl (C=O) groups is 1. The average molecular weight is 475 g/mol. The van der Waals surface area contributed by atoms with Gasteiger partial charge in [0, 0.05) is 59.2 Å². The zero-order valence-electron chi connectivity index (χ0n) is 18.7. The Labute approximate surface area is 187 Å². The summed E-state index contributed by atoms with van der Waals surface area (Å²) in [5, 5.41) is 0. The van der Waals surface area contributed by atoms with Crippen LogP contribution in [0.4, 0.5) is 0 Å². The molecule has 11 nitrogen and oxygen atoms in total. The Bertz CT molecular complexity index is 690. The van der Waals surface area contributed by atoms with Gasteiger partial charge in [0.2, 0.25) is 5.91 Å². The molecule has 1 amide bonds. The van der Waals surface area contributed by atoms with Crippen LogP contribution in [-0.4, -0.2) is 132 Å². The molecule has 0 N–H and O–H groups in total. The third-order valence-corrected chi connectivity index (χ3v) is 8.36. The number of hydrogen-bond donors (Lipinski definition) is 0. The second kappa shape index (κ2) is 11.7. The van der Waals surface area contributed by atoms with E-state index in [1.54, 1.807) is 37.8 Å². The molecular weight excluding hydrogens is 444 g/mol. The smallest absolute Gasteiger partial charge is 0.379 e. The third kappa shape index (κ3) is 7.59. The largest absolute Gasteiger partial charge is 0.615 e. The van der Waals surface area contributed by atoms with Crippen LogP contribution in [0.3, 0.4) is 0 Å². The van der Waals surface area contributed by atoms with E-state index in [9.17, 15) is 13.9 Å². The van der Waals surface area contributed by atoms with Crippen LogP contribution in [0.1, 0.15) is 6.92 Å². The molecule has 2 fully saturated rings. The Morgan fingerprint density at radius 1 is 1.06 bits per heavy atom. The lowest BCUT2D eigenvalue weighted by molar-refractivity contribution is -0.140. The number of carbonyl (C=O) groups excluding carboxylic acids is 1. The molecule has 2 aliphatic heterocycles. The molecule has 0 aromatic heterocycles. The monoisotopic (exact) mass is 475 g/mol. The van der Waals surface area contributed by atoms with Gasteiger partial charge in [0.15, 0.2) is 0 Å². The van der Waals surface area contributed by atoms with E-state index < -0.39 is 40.1 Å². The van der Waals surface area contributed by atoms with Crippen LogP contribution < -0.4 is 0 Å². The number of nitrogens with zero attached hydrogens (tertiary/aromatic N) is 4. The number of ether oxygens (including phenoxy) is 2. The van der Waals surface area contributed by atoms with E-state index in [0.717, 1.165) is 0 Å². The van der Waals surface area contributed by atoms with Crippen LogP contribution in [-0.2, 0) is 32.4 Å². The highest BCUT2D eigenvalue weighted by Crippen LogP contribution is 2.53. The van der Waals surface area contributed by atoms with Crippen molar-refractivity contribution in [3.05, 3.63) is 0 Å². The molecule has 0 spiro atoms. The highest BCUT2D eigenvalue weighted by Gasteiger charge is 2.42. The normalized spacial score (nSPS) is 30.4. The molecule has 2 heterocycles. The summed E-state index contributed by atoms with van der Waals surface area (Å²) in [7, 11) is 13.0. The molecule has 6 atom stereocenters. The highest BCUT2D eigenvalue weighted by atomic mass is 31.2. The molecule has 4 radical (unpaired) electrons. The topological polar surface area (TPSA) is 101 Å². The first kappa shape index (κ1) is 26.9. The number of morpholine rings is 2. The molecule has 0 saturated carbocycles. The fourth-order valence-electron chi connectivity index (χ4n) is 3.26. The first-order chi connectivity index (χ1) is 14.4. The minimum Gasteiger partial charge on any atom is -0.379 e. The van der Waals surface area contributed by atoms with Crippen LogP contribution in [0.2, 0.25) is 0 Å². The quantitative estimate of drug-likeness (QED) is 0.331. The van der Waals surface area contributed by atoms with Gasteiger partial charge >= 0.3 is 15.8 Å². The van der Waals surface area contributed by atoms with Crippen LogP contribution in [0.15, 0.2) is 0 Å². The summed E-state index contributed by atoms with van der Waals surface area (Å²) in [6, 6.07) is -1.36. The molecule has 0 bridgehead atoms. The molecule has 0 aromatic rings. The first-order valence-electron chi connectivity index (χ1n) is 9.95. The van der Waals surface area contributed by atoms with Crippen LogP contribution >= 0.6 is 15.8 Å². The summed E-state index contributed by atoms with van der Waals surface area (Å²) in [6.45, 7) is 2.45. The van der Waals surface area contributed by atoms with E-state index in [4.69, 9.17) is 34.2 Å². The maximum Gasteiger partial charge on any atom is 0.615 e. The average Bonchev–Trinajstić information content (AvgIpc) is 2.69. The summed E-state index contributed by atoms with van der Waals surface area (Å²) in [5.74, 6) is -0.113. The summed E-state index contributed by atoms with van der Waals surface area (Å²) in [4.78, 5) is 13.3. The Hall–Kier alpha value is -0.350. The predicted molar refractivity (Wildman–Crippen MR) is 117 cm³/mol. The van der Waals surface area contributed by atoms with E-state index in [-0.39, 0.29) is 32.2 Å². The van der Waals surface area contributed by atoms with Gasteiger partial charge in [-0.3, -0.25) is 9.36 Å². The predicted octanol–water partition coefficient (Wildman–Crippen LogP) is -0.154. The Balaban J connectivity index is 2.03. The standard InChI is InChI=1S/C16H31B2N4O7P2/c1-12(23)21-6-13(28-15(17)8-21)11-27-31(25,20(4)5)22-7-14(29-16(18)9-22)10-26-30(24)19(2)3/h13-16H,6-11H2,1-5H3/q+1/t13?,14?,15-,16-,31+/m1/s1. The van der Waals surface area contributed by atoms with Crippen molar-refractivity contribution in [1.82, 2.24) is 18.9 Å². The molecule has 172 valence electrons. The van der Waals surface area contributed by atoms with E-state index in [0.29, 0.717) is 13.1 Å². The van der Waals surface area contributed by atoms with Gasteiger partial charge in [-0.1, -0.05) is 4.67 Å². The van der Waals surface area contributed by atoms with Crippen LogP contribution in [0.5, 0.6) is 0 Å². The van der Waals surface area contributed by atoms with Gasteiger partial charge in [-0.25, -0.2) is 9.34 Å². The number of amides is 1. The SMILES string of the molecule is [B][C@H]1CN(C(C)=O)CC(CO[P@@](=O)(N(C)C)N2CC(CO[P+](=O)N(C)C)O[C@@H]([B])C2)O1. The molecule has 15 heteroatoms. The molecule has 2 saturated heterocycles. The summed E-state index contributed by atoms with van der Waals surface area (Å²) in [6.07, 6.45) is -1.05. The van der Waals surface area contributed by atoms with Crippen molar-refractivity contribution >= 4 is 37.4 Å². The van der Waals surface area contributed by atoms with Crippen molar-refractivity contribution in [2.45, 2.75) is 31.1 Å². The molecule has 2 rings (SSSR count). The zero-order valence-corrected chi connectivity index (χ0v) is 20.5. The van der Waals surface area contributed by atoms with Gasteiger partial charge in [-0.05, 0) is 18.7 Å². The summed E-state index contributed by atoms with van der Waals surface area (Å²) >= 11 is 0. The lowest BCUT2D eigenvalue weighted by Crippen LogP contribution is -2.52. The fourth-order valence-corrected chi connectivity index (χ4v) is 5.80. The molecule has 31 heavy (non-hydrogen) atoms. The van der Waals surface area contributed by atoms with Crippen LogP contribution in [0, 0.1) is 0 Å². The van der Waals surface area contributed by atoms with E-state index in [1.165, 1.54) is 16.3 Å². The van der Waals surface area contributed by atoms with Crippen LogP contribution in [0.25, 0.3) is 0 Å². The Morgan fingerprint density at radius 3 is 2.19 bits per heavy atom. The van der Waals surface area contributed by atoms with Gasteiger partial charge in [0.25, 0.3) is 0 Å². The molecule has 2 aliphatic rings. The molecular formula is C16H31B2N4O7P2+. The lowest BCUT2D eigenvalue weighted by atomic mass is 9.97. The first-order valence-corrected chi connectivity index (χ1v) is 12.6. The van der Waals surface area contributed by atoms with Crippen molar-refractivity contribution in [2.75, 3.05) is 67.6 Å². The summed E-state index contributed by atoms with van der Waals surface area (Å²) in [5.41, 5.74) is 0. The number of rotatable bonds is 9. The van der Waals surface area contributed by atoms with Gasteiger partial charge < -0.3 is 18.9 Å². The third-order valence-electron chi connectivity index (χ3n) is 4.80. The van der Waals surface area contributed by atoms with Crippen molar-refractivity contribution in [2.24, 2.45) is 0 Å². The zero-order chi connectivity index (χ0) is 23.3. The minimum absolute atomic E-state index is 0.0206. The highest BCUT2D eigenvalue weighted by molar-refractivity contribution is 7.53. The van der Waals surface area contributed by atoms with E-state index in [2.05, 4.69) is 0 Å². The molecule has 0 aliphatic carbocycles. The van der Waals surface area contributed by atoms with Gasteiger partial charge in [0.05, 0.1) is 18.8 Å². The van der Waals surface area contributed by atoms with Gasteiger partial charge in [-0.2, -0.15) is 0 Å². The lowest BCUT2D eigenvalue weighted by Gasteiger charge is -2.43. The second-order valence-electron chi connectivity index (χ2n) is 7.90. The number of hydrogen-bond acceptors (Lipinski definition) is 7. The van der Waals surface area contributed by atoms with Crippen molar-refractivity contribution in [3.63, 3.8) is 0 Å². The molecule has 0 aromatic carbocycles. The van der Waals surface area contributed by atoms with E-state index >= 15 is 0 Å². The minimum atomic E-state index is -3.49. The van der Waals surface area contributed by atoms with Gasteiger partial charge in [0.1, 0.15) is 22.3 Å². The second-order valence-corrected chi connectivity index (χ2v) is 12.0. The van der Waals surface area contributed by atoms with E-state index in [1.807, 2.05) is 0 Å². The van der Waals surface area contributed by atoms with Crippen molar-refractivity contribution in [3.8, 4) is 0 Å². The maximum absolute atomic E-state index is 13.8. The fraction of sp³-hybridized carbons (Fsp3) is 0.938. The summed E-state index contributed by atoms with van der Waals surface area (Å²) < 4.78 is 52.7. The molecule has 3 unspecified atom stereocenters. The Kier molecular flexibility index (Phi) is 10.1.